The highest BCUT2D eigenvalue weighted by Crippen LogP contribution is 2.27. The Labute approximate surface area is 103 Å². The Morgan fingerprint density at radius 3 is 2.72 bits per heavy atom. The number of nitrogens with two attached hydrogens (primary N) is 1. The van der Waals surface area contributed by atoms with E-state index >= 15 is 0 Å². The van der Waals surface area contributed by atoms with Crippen molar-refractivity contribution in [1.29, 1.82) is 0 Å². The Hall–Kier alpha value is -1.62. The van der Waals surface area contributed by atoms with E-state index in [-0.39, 0.29) is 6.42 Å². The van der Waals surface area contributed by atoms with Crippen molar-refractivity contribution in [2.45, 2.75) is 25.1 Å². The number of rotatable bonds is 3. The molecule has 2 N–H and O–H groups in total. The van der Waals surface area contributed by atoms with Gasteiger partial charge in [0.15, 0.2) is 0 Å². The van der Waals surface area contributed by atoms with Gasteiger partial charge >= 0.3 is 6.18 Å². The van der Waals surface area contributed by atoms with Crippen molar-refractivity contribution in [2.24, 2.45) is 5.73 Å². The summed E-state index contributed by atoms with van der Waals surface area (Å²) in [5, 5.41) is 0.948. The number of benzene rings is 1. The van der Waals surface area contributed by atoms with E-state index in [0.717, 1.165) is 10.9 Å². The number of fused-ring (bicyclic) bond motifs is 1. The highest BCUT2D eigenvalue weighted by atomic mass is 19.4. The van der Waals surface area contributed by atoms with Crippen LogP contribution in [0.15, 0.2) is 36.5 Å². The third-order valence-electron chi connectivity index (χ3n) is 2.80. The molecule has 1 atom stereocenters. The standard InChI is InChI=1S/C13H13F3N2/c14-13(15,16)6-5-11(17)10-4-3-9-2-1-7-18-12(9)8-10/h1-4,7-8,11H,5-6,17H2. The van der Waals surface area contributed by atoms with E-state index in [0.29, 0.717) is 5.56 Å². The lowest BCUT2D eigenvalue weighted by molar-refractivity contribution is -0.136. The molecular formula is C13H13F3N2. The summed E-state index contributed by atoms with van der Waals surface area (Å²) in [7, 11) is 0. The second-order valence-electron chi connectivity index (χ2n) is 4.22. The van der Waals surface area contributed by atoms with Crippen LogP contribution in [0.3, 0.4) is 0 Å². The summed E-state index contributed by atoms with van der Waals surface area (Å²) < 4.78 is 36.4. The van der Waals surface area contributed by atoms with Crippen molar-refractivity contribution >= 4 is 10.9 Å². The summed E-state index contributed by atoms with van der Waals surface area (Å²) >= 11 is 0. The van der Waals surface area contributed by atoms with Gasteiger partial charge in [0.1, 0.15) is 0 Å². The van der Waals surface area contributed by atoms with Crippen LogP contribution in [-0.2, 0) is 0 Å². The van der Waals surface area contributed by atoms with E-state index in [1.807, 2.05) is 18.2 Å². The fourth-order valence-electron chi connectivity index (χ4n) is 1.80. The van der Waals surface area contributed by atoms with Gasteiger partial charge in [-0.2, -0.15) is 13.2 Å². The zero-order valence-electron chi connectivity index (χ0n) is 9.61. The third kappa shape index (κ3) is 3.20. The molecule has 1 aromatic heterocycles. The summed E-state index contributed by atoms with van der Waals surface area (Å²) in [4.78, 5) is 4.16. The van der Waals surface area contributed by atoms with E-state index in [4.69, 9.17) is 5.73 Å². The Kier molecular flexibility index (Phi) is 3.52. The molecule has 2 nitrogen and oxygen atoms in total. The summed E-state index contributed by atoms with van der Waals surface area (Å²) in [6.45, 7) is 0. The van der Waals surface area contributed by atoms with Crippen LogP contribution in [-0.4, -0.2) is 11.2 Å². The fraction of sp³-hybridized carbons (Fsp3) is 0.308. The Balaban J connectivity index is 2.15. The Bertz CT molecular complexity index is 537. The van der Waals surface area contributed by atoms with Gasteiger partial charge in [-0.15, -0.1) is 0 Å². The Morgan fingerprint density at radius 1 is 1.22 bits per heavy atom. The van der Waals surface area contributed by atoms with Crippen molar-refractivity contribution < 1.29 is 13.2 Å². The van der Waals surface area contributed by atoms with Gasteiger partial charge in [0.25, 0.3) is 0 Å². The quantitative estimate of drug-likeness (QED) is 0.909. The fourth-order valence-corrected chi connectivity index (χ4v) is 1.80. The van der Waals surface area contributed by atoms with Gasteiger partial charge < -0.3 is 5.73 Å². The van der Waals surface area contributed by atoms with Gasteiger partial charge in [0, 0.05) is 24.0 Å². The van der Waals surface area contributed by atoms with Gasteiger partial charge in [-0.05, 0) is 24.1 Å². The van der Waals surface area contributed by atoms with Crippen LogP contribution < -0.4 is 5.73 Å². The molecule has 0 saturated carbocycles. The number of hydrogen-bond acceptors (Lipinski definition) is 2. The number of aromatic nitrogens is 1. The maximum atomic E-state index is 12.1. The lowest BCUT2D eigenvalue weighted by atomic mass is 10.0. The maximum Gasteiger partial charge on any atom is 0.389 e. The molecule has 1 unspecified atom stereocenters. The molecule has 0 aliphatic rings. The zero-order chi connectivity index (χ0) is 13.2. The third-order valence-corrected chi connectivity index (χ3v) is 2.80. The van der Waals surface area contributed by atoms with Crippen LogP contribution in [0.5, 0.6) is 0 Å². The molecule has 0 amide bonds. The van der Waals surface area contributed by atoms with Crippen molar-refractivity contribution in [3.8, 4) is 0 Å². The molecule has 0 bridgehead atoms. The first-order chi connectivity index (χ1) is 8.46. The lowest BCUT2D eigenvalue weighted by Gasteiger charge is -2.14. The molecule has 2 rings (SSSR count). The predicted molar refractivity (Wildman–Crippen MR) is 64.0 cm³/mol. The van der Waals surface area contributed by atoms with Crippen molar-refractivity contribution in [1.82, 2.24) is 4.98 Å². The SMILES string of the molecule is NC(CCC(F)(F)F)c1ccc2cccnc2c1. The molecule has 0 fully saturated rings. The summed E-state index contributed by atoms with van der Waals surface area (Å²) in [5.74, 6) is 0. The molecule has 18 heavy (non-hydrogen) atoms. The highest BCUT2D eigenvalue weighted by Gasteiger charge is 2.27. The number of alkyl halides is 3. The van der Waals surface area contributed by atoms with Crippen LogP contribution in [0, 0.1) is 0 Å². The molecule has 5 heteroatoms. The molecule has 2 aromatic rings. The van der Waals surface area contributed by atoms with Crippen molar-refractivity contribution in [3.63, 3.8) is 0 Å². The zero-order valence-corrected chi connectivity index (χ0v) is 9.61. The van der Waals surface area contributed by atoms with E-state index in [2.05, 4.69) is 4.98 Å². The predicted octanol–water partition coefficient (Wildman–Crippen LogP) is 3.58. The lowest BCUT2D eigenvalue weighted by Crippen LogP contribution is -2.15. The van der Waals surface area contributed by atoms with E-state index < -0.39 is 18.6 Å². The van der Waals surface area contributed by atoms with Gasteiger partial charge in [0.2, 0.25) is 0 Å². The molecule has 0 spiro atoms. The number of pyridine rings is 1. The number of halogens is 3. The minimum Gasteiger partial charge on any atom is -0.324 e. The normalized spacial score (nSPS) is 13.8. The first-order valence-corrected chi connectivity index (χ1v) is 5.63. The molecule has 1 aromatic carbocycles. The van der Waals surface area contributed by atoms with Crippen LogP contribution >= 0.6 is 0 Å². The summed E-state index contributed by atoms with van der Waals surface area (Å²) in [6, 6.07) is 8.42. The number of hydrogen-bond donors (Lipinski definition) is 1. The molecule has 1 heterocycles. The first-order valence-electron chi connectivity index (χ1n) is 5.63. The minimum atomic E-state index is -4.16. The maximum absolute atomic E-state index is 12.1. The summed E-state index contributed by atoms with van der Waals surface area (Å²) in [5.41, 5.74) is 7.20. The van der Waals surface area contributed by atoms with Crippen molar-refractivity contribution in [3.05, 3.63) is 42.1 Å². The van der Waals surface area contributed by atoms with Crippen LogP contribution in [0.25, 0.3) is 10.9 Å². The average molecular weight is 254 g/mol. The van der Waals surface area contributed by atoms with E-state index in [1.165, 1.54) is 0 Å². The smallest absolute Gasteiger partial charge is 0.324 e. The minimum absolute atomic E-state index is 0.109. The first kappa shape index (κ1) is 12.8. The molecule has 0 radical (unpaired) electrons. The molecule has 0 aliphatic heterocycles. The van der Waals surface area contributed by atoms with Crippen LogP contribution in [0.1, 0.15) is 24.4 Å². The average Bonchev–Trinajstić information content (AvgIpc) is 2.34. The molecule has 96 valence electrons. The van der Waals surface area contributed by atoms with Gasteiger partial charge in [0.05, 0.1) is 5.52 Å². The largest absolute Gasteiger partial charge is 0.389 e. The van der Waals surface area contributed by atoms with E-state index in [1.54, 1.807) is 18.3 Å². The van der Waals surface area contributed by atoms with Gasteiger partial charge in [-0.25, -0.2) is 0 Å². The summed E-state index contributed by atoms with van der Waals surface area (Å²) in [6.07, 6.45) is -3.49. The molecular weight excluding hydrogens is 241 g/mol. The van der Waals surface area contributed by atoms with Crippen LogP contribution in [0.4, 0.5) is 13.2 Å². The monoisotopic (exact) mass is 254 g/mol. The van der Waals surface area contributed by atoms with Crippen molar-refractivity contribution in [2.75, 3.05) is 0 Å². The van der Waals surface area contributed by atoms with Crippen LogP contribution in [0.2, 0.25) is 0 Å². The van der Waals surface area contributed by atoms with Gasteiger partial charge in [-0.3, -0.25) is 4.98 Å². The second-order valence-corrected chi connectivity index (χ2v) is 4.22. The molecule has 0 aliphatic carbocycles. The molecule has 0 saturated heterocycles. The highest BCUT2D eigenvalue weighted by molar-refractivity contribution is 5.78. The number of nitrogens with zero attached hydrogens (tertiary/aromatic N) is 1. The van der Waals surface area contributed by atoms with Gasteiger partial charge in [-0.1, -0.05) is 18.2 Å². The topological polar surface area (TPSA) is 38.9 Å². The second kappa shape index (κ2) is 4.94. The Morgan fingerprint density at radius 2 is 2.00 bits per heavy atom. The van der Waals surface area contributed by atoms with E-state index in [9.17, 15) is 13.2 Å².